The van der Waals surface area contributed by atoms with Gasteiger partial charge in [0, 0.05) is 5.92 Å². The Labute approximate surface area is 142 Å². The van der Waals surface area contributed by atoms with Crippen molar-refractivity contribution < 1.29 is 9.59 Å². The molecule has 1 aliphatic carbocycles. The van der Waals surface area contributed by atoms with Crippen molar-refractivity contribution in [3.8, 4) is 11.8 Å². The van der Waals surface area contributed by atoms with Crippen LogP contribution in [-0.4, -0.2) is 35.8 Å². The number of quaternary nitrogens is 1. The van der Waals surface area contributed by atoms with Gasteiger partial charge in [-0.05, 0) is 45.1 Å². The number of hydrogen-bond acceptors (Lipinski definition) is 1. The summed E-state index contributed by atoms with van der Waals surface area (Å²) >= 11 is 0. The van der Waals surface area contributed by atoms with Crippen LogP contribution in [0.3, 0.4) is 0 Å². The molecule has 0 unspecified atom stereocenters. The zero-order chi connectivity index (χ0) is 16.9. The monoisotopic (exact) mass is 314 g/mol. The summed E-state index contributed by atoms with van der Waals surface area (Å²) < 4.78 is 0.919. The lowest BCUT2D eigenvalue weighted by Crippen LogP contribution is -2.49. The van der Waals surface area contributed by atoms with Crippen LogP contribution < -0.4 is 0 Å². The van der Waals surface area contributed by atoms with Gasteiger partial charge in [-0.3, -0.25) is 0 Å². The number of nitrogens with zero attached hydrogens (tertiary/aromatic N) is 1. The van der Waals surface area contributed by atoms with Crippen molar-refractivity contribution in [2.45, 2.75) is 58.1 Å². The highest BCUT2D eigenvalue weighted by Crippen LogP contribution is 2.40. The lowest BCUT2D eigenvalue weighted by atomic mass is 9.80. The average molecular weight is 314 g/mol. The Kier molecular flexibility index (Phi) is 5.89. The van der Waals surface area contributed by atoms with E-state index in [4.69, 9.17) is 0 Å². The summed E-state index contributed by atoms with van der Waals surface area (Å²) in [5.41, 5.74) is -0.0394. The molecule has 2 nitrogen and oxygen atoms in total. The van der Waals surface area contributed by atoms with E-state index in [2.05, 4.69) is 39.7 Å². The molecule has 1 aromatic rings. The Morgan fingerprint density at radius 3 is 2.35 bits per heavy atom. The summed E-state index contributed by atoms with van der Waals surface area (Å²) in [7, 11) is 2.25. The molecule has 0 spiro atoms. The molecule has 0 bridgehead atoms. The van der Waals surface area contributed by atoms with E-state index in [1.54, 1.807) is 0 Å². The van der Waals surface area contributed by atoms with E-state index >= 15 is 0 Å². The Bertz CT molecular complexity index is 550. The van der Waals surface area contributed by atoms with Crippen molar-refractivity contribution in [1.82, 2.24) is 0 Å². The van der Waals surface area contributed by atoms with Gasteiger partial charge in [0.05, 0.1) is 19.6 Å². The number of benzene rings is 1. The fraction of sp³-hybridized carbons (Fsp3) is 0.619. The van der Waals surface area contributed by atoms with Gasteiger partial charge in [0.1, 0.15) is 6.54 Å². The van der Waals surface area contributed by atoms with Gasteiger partial charge in [0.15, 0.2) is 5.60 Å². The van der Waals surface area contributed by atoms with Crippen LogP contribution in [0.4, 0.5) is 0 Å². The summed E-state index contributed by atoms with van der Waals surface area (Å²) in [5, 5.41) is 11.4. The molecule has 0 radical (unpaired) electrons. The molecule has 0 heterocycles. The molecule has 2 atom stereocenters. The molecule has 126 valence electrons. The van der Waals surface area contributed by atoms with E-state index in [1.165, 1.54) is 12.8 Å². The molecule has 1 N–H and O–H groups in total. The lowest BCUT2D eigenvalue weighted by molar-refractivity contribution is -0.921. The van der Waals surface area contributed by atoms with E-state index in [9.17, 15) is 5.11 Å². The largest absolute Gasteiger partial charge is 0.373 e. The second kappa shape index (κ2) is 7.51. The highest BCUT2D eigenvalue weighted by molar-refractivity contribution is 5.33. The van der Waals surface area contributed by atoms with Gasteiger partial charge in [0.25, 0.3) is 0 Å². The van der Waals surface area contributed by atoms with Crippen LogP contribution in [-0.2, 0) is 5.60 Å². The molecule has 1 saturated carbocycles. The molecule has 1 aliphatic rings. The SMILES string of the molecule is CC[N@@+](C)(CC#C[C@](O)(c1ccccc1)C1CCCC1)C(C)C. The maximum absolute atomic E-state index is 11.4. The van der Waals surface area contributed by atoms with Crippen LogP contribution in [0, 0.1) is 17.8 Å². The van der Waals surface area contributed by atoms with Crippen molar-refractivity contribution in [2.75, 3.05) is 20.1 Å². The van der Waals surface area contributed by atoms with Gasteiger partial charge >= 0.3 is 0 Å². The first-order valence-corrected chi connectivity index (χ1v) is 9.04. The van der Waals surface area contributed by atoms with Crippen LogP contribution in [0.25, 0.3) is 0 Å². The maximum atomic E-state index is 11.4. The van der Waals surface area contributed by atoms with Crippen molar-refractivity contribution >= 4 is 0 Å². The number of hydrogen-bond donors (Lipinski definition) is 1. The third kappa shape index (κ3) is 3.97. The third-order valence-electron chi connectivity index (χ3n) is 5.85. The molecule has 23 heavy (non-hydrogen) atoms. The van der Waals surface area contributed by atoms with Crippen LogP contribution in [0.5, 0.6) is 0 Å². The summed E-state index contributed by atoms with van der Waals surface area (Å²) in [5.74, 6) is 6.90. The zero-order valence-corrected chi connectivity index (χ0v) is 15.2. The Balaban J connectivity index is 2.28. The van der Waals surface area contributed by atoms with Gasteiger partial charge in [-0.1, -0.05) is 49.1 Å². The van der Waals surface area contributed by atoms with Crippen LogP contribution in [0.15, 0.2) is 30.3 Å². The molecule has 0 saturated heterocycles. The normalized spacial score (nSPS) is 20.6. The molecule has 1 fully saturated rings. The van der Waals surface area contributed by atoms with Crippen molar-refractivity contribution in [1.29, 1.82) is 0 Å². The van der Waals surface area contributed by atoms with Gasteiger partial charge in [0.2, 0.25) is 0 Å². The minimum atomic E-state index is -0.993. The summed E-state index contributed by atoms with van der Waals surface area (Å²) in [6, 6.07) is 10.6. The molecule has 2 rings (SSSR count). The van der Waals surface area contributed by atoms with E-state index in [0.717, 1.165) is 36.0 Å². The van der Waals surface area contributed by atoms with Crippen molar-refractivity contribution in [2.24, 2.45) is 5.92 Å². The third-order valence-corrected chi connectivity index (χ3v) is 5.85. The minimum absolute atomic E-state index is 0.261. The van der Waals surface area contributed by atoms with E-state index < -0.39 is 5.60 Å². The first-order valence-electron chi connectivity index (χ1n) is 9.04. The predicted octanol–water partition coefficient (Wildman–Crippen LogP) is 3.94. The first kappa shape index (κ1) is 18.0. The molecule has 0 amide bonds. The predicted molar refractivity (Wildman–Crippen MR) is 96.8 cm³/mol. The smallest absolute Gasteiger partial charge is 0.153 e. The Hall–Kier alpha value is -1.30. The van der Waals surface area contributed by atoms with E-state index in [0.29, 0.717) is 6.04 Å². The van der Waals surface area contributed by atoms with Crippen LogP contribution in [0.2, 0.25) is 0 Å². The molecule has 1 aromatic carbocycles. The molecule has 2 heteroatoms. The van der Waals surface area contributed by atoms with Gasteiger partial charge in [-0.15, -0.1) is 0 Å². The standard InChI is InChI=1S/C21H32NO/c1-5-22(4,18(2)3)17-11-16-21(23,20-14-9-10-15-20)19-12-7-6-8-13-19/h6-8,12-13,18,20,23H,5,9-10,14-15,17H2,1-4H3/q+1/t21-,22-/m0/s1. The van der Waals surface area contributed by atoms with Gasteiger partial charge in [-0.25, -0.2) is 0 Å². The maximum Gasteiger partial charge on any atom is 0.153 e. The van der Waals surface area contributed by atoms with Crippen LogP contribution >= 0.6 is 0 Å². The van der Waals surface area contributed by atoms with Crippen molar-refractivity contribution in [3.63, 3.8) is 0 Å². The van der Waals surface area contributed by atoms with Crippen molar-refractivity contribution in [3.05, 3.63) is 35.9 Å². The molecular formula is C21H32NO+. The quantitative estimate of drug-likeness (QED) is 0.644. The second-order valence-corrected chi connectivity index (χ2v) is 7.46. The fourth-order valence-corrected chi connectivity index (χ4v) is 3.46. The van der Waals surface area contributed by atoms with Crippen LogP contribution in [0.1, 0.15) is 52.0 Å². The fourth-order valence-electron chi connectivity index (χ4n) is 3.46. The van der Waals surface area contributed by atoms with Gasteiger partial charge in [-0.2, -0.15) is 0 Å². The Morgan fingerprint density at radius 2 is 1.83 bits per heavy atom. The number of aliphatic hydroxyl groups is 1. The summed E-state index contributed by atoms with van der Waals surface area (Å²) in [6.07, 6.45) is 4.56. The Morgan fingerprint density at radius 1 is 1.22 bits per heavy atom. The van der Waals surface area contributed by atoms with Gasteiger partial charge < -0.3 is 9.59 Å². The summed E-state index contributed by atoms with van der Waals surface area (Å²) in [4.78, 5) is 0. The molecular weight excluding hydrogens is 282 g/mol. The second-order valence-electron chi connectivity index (χ2n) is 7.46. The average Bonchev–Trinajstić information content (AvgIpc) is 3.10. The highest BCUT2D eigenvalue weighted by Gasteiger charge is 2.38. The number of rotatable bonds is 5. The van der Waals surface area contributed by atoms with E-state index in [-0.39, 0.29) is 5.92 Å². The summed E-state index contributed by atoms with van der Waals surface area (Å²) in [6.45, 7) is 8.54. The van der Waals surface area contributed by atoms with E-state index in [1.807, 2.05) is 30.3 Å². The zero-order valence-electron chi connectivity index (χ0n) is 15.2. The highest BCUT2D eigenvalue weighted by atomic mass is 16.3. The molecule has 0 aromatic heterocycles. The molecule has 0 aliphatic heterocycles. The lowest BCUT2D eigenvalue weighted by Gasteiger charge is -2.36. The first-order chi connectivity index (χ1) is 10.9. The minimum Gasteiger partial charge on any atom is -0.373 e. The topological polar surface area (TPSA) is 20.2 Å².